The van der Waals surface area contributed by atoms with E-state index in [0.29, 0.717) is 18.9 Å². The maximum Gasteiger partial charge on any atom is 0.418 e. The van der Waals surface area contributed by atoms with Gasteiger partial charge in [-0.1, -0.05) is 27.7 Å². The molecule has 1 rings (SSSR count). The summed E-state index contributed by atoms with van der Waals surface area (Å²) in [5.74, 6) is -0.625. The van der Waals surface area contributed by atoms with E-state index in [4.69, 9.17) is 0 Å². The fraction of sp³-hybridized carbons (Fsp3) is 0.846. The van der Waals surface area contributed by atoms with Crippen molar-refractivity contribution in [2.45, 2.75) is 51.8 Å². The summed E-state index contributed by atoms with van der Waals surface area (Å²) in [5.41, 5.74) is -2.71. The molecule has 0 radical (unpaired) electrons. The lowest BCUT2D eigenvalue weighted by molar-refractivity contribution is -0.273. The minimum Gasteiger partial charge on any atom is -0.379 e. The number of alkyl halides is 3. The van der Waals surface area contributed by atoms with Gasteiger partial charge in [0.2, 0.25) is 0 Å². The molecule has 8 heteroatoms. The molecule has 1 unspecified atom stereocenters. The molecule has 21 heavy (non-hydrogen) atoms. The van der Waals surface area contributed by atoms with Crippen LogP contribution >= 0.6 is 11.3 Å². The molecule has 1 aromatic rings. The minimum atomic E-state index is -4.65. The average molecular weight is 325 g/mol. The van der Waals surface area contributed by atoms with Gasteiger partial charge in [0.25, 0.3) is 0 Å². The summed E-state index contributed by atoms with van der Waals surface area (Å²) in [7, 11) is 0. The van der Waals surface area contributed by atoms with Crippen molar-refractivity contribution in [3.05, 3.63) is 10.0 Å². The molecular formula is C13H22F3N3OS. The molecule has 0 bridgehead atoms. The van der Waals surface area contributed by atoms with Crippen LogP contribution in [0, 0.1) is 5.92 Å². The molecule has 1 atom stereocenters. The molecule has 0 saturated carbocycles. The molecule has 0 amide bonds. The lowest BCUT2D eigenvalue weighted by Gasteiger charge is -2.34. The maximum absolute atomic E-state index is 12.9. The summed E-state index contributed by atoms with van der Waals surface area (Å²) in [6.07, 6.45) is -4.15. The van der Waals surface area contributed by atoms with Crippen LogP contribution in [0.3, 0.4) is 0 Å². The third-order valence-electron chi connectivity index (χ3n) is 3.33. The second kappa shape index (κ2) is 7.02. The molecule has 1 heterocycles. The lowest BCUT2D eigenvalue weighted by atomic mass is 9.89. The van der Waals surface area contributed by atoms with E-state index < -0.39 is 24.2 Å². The van der Waals surface area contributed by atoms with Crippen molar-refractivity contribution in [1.82, 2.24) is 15.5 Å². The topological polar surface area (TPSA) is 58.0 Å². The Labute approximate surface area is 126 Å². The van der Waals surface area contributed by atoms with Crippen LogP contribution in [-0.4, -0.2) is 40.2 Å². The van der Waals surface area contributed by atoms with Gasteiger partial charge in [0.15, 0.2) is 5.60 Å². The molecule has 4 nitrogen and oxygen atoms in total. The number of aliphatic hydroxyl groups is 1. The Morgan fingerprint density at radius 1 is 1.19 bits per heavy atom. The van der Waals surface area contributed by atoms with Crippen molar-refractivity contribution in [1.29, 1.82) is 0 Å². The van der Waals surface area contributed by atoms with Crippen molar-refractivity contribution in [3.63, 3.8) is 0 Å². The number of nitrogens with one attached hydrogen (secondary N) is 1. The van der Waals surface area contributed by atoms with Gasteiger partial charge in [0, 0.05) is 25.4 Å². The Balaban J connectivity index is 2.48. The van der Waals surface area contributed by atoms with Gasteiger partial charge >= 0.3 is 6.18 Å². The monoisotopic (exact) mass is 325 g/mol. The first-order chi connectivity index (χ1) is 9.58. The van der Waals surface area contributed by atoms with Gasteiger partial charge in [0.05, 0.1) is 0 Å². The maximum atomic E-state index is 12.9. The zero-order valence-corrected chi connectivity index (χ0v) is 13.5. The number of halogens is 3. The predicted octanol–water partition coefficient (Wildman–Crippen LogP) is 2.74. The summed E-state index contributed by atoms with van der Waals surface area (Å²) >= 11 is 1.46. The van der Waals surface area contributed by atoms with Crippen molar-refractivity contribution in [3.8, 4) is 0 Å². The third kappa shape index (κ3) is 4.62. The highest BCUT2D eigenvalue weighted by molar-refractivity contribution is 7.11. The van der Waals surface area contributed by atoms with Crippen molar-refractivity contribution < 1.29 is 18.3 Å². The van der Waals surface area contributed by atoms with Gasteiger partial charge in [-0.05, 0) is 5.92 Å². The molecule has 0 aliphatic heterocycles. The van der Waals surface area contributed by atoms with Crippen LogP contribution in [0.25, 0.3) is 0 Å². The standard InChI is InChI=1S/C13H22F3N3OS/c1-8(2)11-19-18-10(21-11)5-6-17-7-12(20,9(3)4)13(14,15)16/h8-9,17,20H,5-7H2,1-4H3. The Morgan fingerprint density at radius 2 is 1.81 bits per heavy atom. The molecule has 0 saturated heterocycles. The van der Waals surface area contributed by atoms with E-state index >= 15 is 0 Å². The molecule has 0 aromatic carbocycles. The zero-order chi connectivity index (χ0) is 16.3. The zero-order valence-electron chi connectivity index (χ0n) is 12.7. The van der Waals surface area contributed by atoms with Crippen LogP contribution in [0.15, 0.2) is 0 Å². The highest BCUT2D eigenvalue weighted by Crippen LogP contribution is 2.35. The van der Waals surface area contributed by atoms with Crippen LogP contribution < -0.4 is 5.32 Å². The molecule has 1 aromatic heterocycles. The molecule has 0 aliphatic carbocycles. The number of nitrogens with zero attached hydrogens (tertiary/aromatic N) is 2. The summed E-state index contributed by atoms with van der Waals surface area (Å²) in [6.45, 7) is 6.52. The molecular weight excluding hydrogens is 303 g/mol. The van der Waals surface area contributed by atoms with Crippen molar-refractivity contribution >= 4 is 11.3 Å². The Bertz CT molecular complexity index is 448. The number of hydrogen-bond donors (Lipinski definition) is 2. The summed E-state index contributed by atoms with van der Waals surface area (Å²) in [4.78, 5) is 0. The van der Waals surface area contributed by atoms with Crippen molar-refractivity contribution in [2.24, 2.45) is 5.92 Å². The first-order valence-corrected chi connectivity index (χ1v) is 7.71. The van der Waals surface area contributed by atoms with E-state index in [-0.39, 0.29) is 0 Å². The molecule has 0 aliphatic rings. The predicted molar refractivity (Wildman–Crippen MR) is 76.4 cm³/mol. The van der Waals surface area contributed by atoms with E-state index in [0.717, 1.165) is 10.0 Å². The van der Waals surface area contributed by atoms with E-state index in [2.05, 4.69) is 15.5 Å². The average Bonchev–Trinajstić information content (AvgIpc) is 2.81. The lowest BCUT2D eigenvalue weighted by Crippen LogP contribution is -2.56. The Hall–Kier alpha value is -0.730. The van der Waals surface area contributed by atoms with Crippen LogP contribution in [0.5, 0.6) is 0 Å². The smallest absolute Gasteiger partial charge is 0.379 e. The van der Waals surface area contributed by atoms with E-state index in [9.17, 15) is 18.3 Å². The minimum absolute atomic E-state index is 0.292. The number of rotatable bonds is 7. The normalized spacial score (nSPS) is 15.7. The fourth-order valence-electron chi connectivity index (χ4n) is 1.71. The quantitative estimate of drug-likeness (QED) is 0.757. The highest BCUT2D eigenvalue weighted by Gasteiger charge is 2.55. The van der Waals surface area contributed by atoms with Gasteiger partial charge in [0.1, 0.15) is 10.0 Å². The Kier molecular flexibility index (Phi) is 6.12. The third-order valence-corrected chi connectivity index (χ3v) is 4.62. The molecule has 0 spiro atoms. The van der Waals surface area contributed by atoms with E-state index in [1.165, 1.54) is 25.2 Å². The SMILES string of the molecule is CC(C)c1nnc(CCNCC(O)(C(C)C)C(F)(F)F)s1. The van der Waals surface area contributed by atoms with Crippen LogP contribution in [0.1, 0.15) is 43.6 Å². The highest BCUT2D eigenvalue weighted by atomic mass is 32.1. The van der Waals surface area contributed by atoms with Gasteiger partial charge < -0.3 is 10.4 Å². The van der Waals surface area contributed by atoms with E-state index in [1.54, 1.807) is 0 Å². The van der Waals surface area contributed by atoms with Gasteiger partial charge in [-0.25, -0.2) is 0 Å². The van der Waals surface area contributed by atoms with Gasteiger partial charge in [-0.15, -0.1) is 21.5 Å². The van der Waals surface area contributed by atoms with Gasteiger partial charge in [-0.3, -0.25) is 0 Å². The Morgan fingerprint density at radius 3 is 2.24 bits per heavy atom. The summed E-state index contributed by atoms with van der Waals surface area (Å²) in [6, 6.07) is 0. The molecule has 2 N–H and O–H groups in total. The number of hydrogen-bond acceptors (Lipinski definition) is 5. The molecule has 122 valence electrons. The van der Waals surface area contributed by atoms with E-state index in [1.807, 2.05) is 13.8 Å². The van der Waals surface area contributed by atoms with Crippen LogP contribution in [0.2, 0.25) is 0 Å². The largest absolute Gasteiger partial charge is 0.418 e. The van der Waals surface area contributed by atoms with Crippen LogP contribution in [0.4, 0.5) is 13.2 Å². The summed E-state index contributed by atoms with van der Waals surface area (Å²) < 4.78 is 38.7. The van der Waals surface area contributed by atoms with Crippen LogP contribution in [-0.2, 0) is 6.42 Å². The second-order valence-corrected chi connectivity index (χ2v) is 6.79. The van der Waals surface area contributed by atoms with Gasteiger partial charge in [-0.2, -0.15) is 13.2 Å². The fourth-order valence-corrected chi connectivity index (χ4v) is 2.55. The first-order valence-electron chi connectivity index (χ1n) is 6.90. The summed E-state index contributed by atoms with van der Waals surface area (Å²) in [5, 5.41) is 22.2. The first kappa shape index (κ1) is 18.3. The molecule has 0 fully saturated rings. The number of aromatic nitrogens is 2. The van der Waals surface area contributed by atoms with Crippen molar-refractivity contribution in [2.75, 3.05) is 13.1 Å². The second-order valence-electron chi connectivity index (χ2n) is 5.69.